The van der Waals surface area contributed by atoms with E-state index in [4.69, 9.17) is 4.52 Å². The highest BCUT2D eigenvalue weighted by atomic mass is 32.2. The lowest BCUT2D eigenvalue weighted by Gasteiger charge is -2.26. The summed E-state index contributed by atoms with van der Waals surface area (Å²) in [6.45, 7) is 3.52. The van der Waals surface area contributed by atoms with Gasteiger partial charge in [-0.2, -0.15) is 14.3 Å². The molecule has 1 aromatic heterocycles. The van der Waals surface area contributed by atoms with Crippen molar-refractivity contribution in [3.8, 4) is 0 Å². The molecule has 0 radical (unpaired) electrons. The van der Waals surface area contributed by atoms with Gasteiger partial charge in [0.25, 0.3) is 0 Å². The van der Waals surface area contributed by atoms with E-state index < -0.39 is 33.4 Å². The number of sulfonamides is 1. The fraction of sp³-hybridized carbons (Fsp3) is 0.444. The summed E-state index contributed by atoms with van der Waals surface area (Å²) in [5, 5.41) is 3.83. The number of hydrogen-bond acceptors (Lipinski definition) is 6. The Bertz CT molecular complexity index is 1080. The van der Waals surface area contributed by atoms with Crippen molar-refractivity contribution in [1.29, 1.82) is 0 Å². The zero-order valence-corrected chi connectivity index (χ0v) is 16.6. The number of hydrogen-bond donors (Lipinski definition) is 1. The number of nitrogens with zero attached hydrogens (tertiary/aromatic N) is 3. The minimum atomic E-state index is -3.75. The van der Waals surface area contributed by atoms with Crippen LogP contribution in [0.2, 0.25) is 0 Å². The molecule has 2 heterocycles. The Morgan fingerprint density at radius 3 is 2.68 bits per heavy atom. The normalized spacial score (nSPS) is 23.8. The fourth-order valence-electron chi connectivity index (χ4n) is 3.30. The number of aryl methyl sites for hydroxylation is 1. The Labute approximate surface area is 162 Å². The van der Waals surface area contributed by atoms with Crippen LogP contribution in [0.1, 0.15) is 31.2 Å². The number of amides is 3. The van der Waals surface area contributed by atoms with Gasteiger partial charge >= 0.3 is 11.9 Å². The summed E-state index contributed by atoms with van der Waals surface area (Å²) in [4.78, 5) is 26.7. The number of allylic oxidation sites excluding steroid dienone is 2. The molecule has 148 valence electrons. The molecule has 1 fully saturated rings. The summed E-state index contributed by atoms with van der Waals surface area (Å²) in [5.41, 5.74) is 0.472. The number of fused-ring (bicyclic) bond motifs is 1. The molecular weight excluding hydrogens is 384 g/mol. The van der Waals surface area contributed by atoms with E-state index in [1.165, 1.54) is 22.8 Å². The first-order chi connectivity index (χ1) is 13.1. The highest BCUT2D eigenvalue weighted by molar-refractivity contribution is 7.93. The molecule has 1 unspecified atom stereocenters. The second kappa shape index (κ2) is 6.21. The number of aromatic nitrogens is 1. The fourth-order valence-corrected chi connectivity index (χ4v) is 4.83. The highest BCUT2D eigenvalue weighted by Crippen LogP contribution is 2.36. The summed E-state index contributed by atoms with van der Waals surface area (Å²) >= 11 is 0. The van der Waals surface area contributed by atoms with Crippen molar-refractivity contribution in [2.24, 2.45) is 5.92 Å². The first-order valence-electron chi connectivity index (χ1n) is 8.92. The Hall–Kier alpha value is -2.59. The van der Waals surface area contributed by atoms with Gasteiger partial charge < -0.3 is 4.52 Å². The maximum absolute atomic E-state index is 13.0. The third-order valence-electron chi connectivity index (χ3n) is 5.19. The monoisotopic (exact) mass is 405 g/mol. The zero-order valence-electron chi connectivity index (χ0n) is 15.8. The molecule has 10 heteroatoms. The second-order valence-electron chi connectivity index (χ2n) is 7.67. The molecule has 1 aliphatic heterocycles. The van der Waals surface area contributed by atoms with Crippen molar-refractivity contribution in [2.75, 3.05) is 7.05 Å². The predicted molar refractivity (Wildman–Crippen MR) is 98.8 cm³/mol. The van der Waals surface area contributed by atoms with Gasteiger partial charge in [-0.1, -0.05) is 5.16 Å². The third-order valence-corrected chi connectivity index (χ3v) is 6.85. The summed E-state index contributed by atoms with van der Waals surface area (Å²) in [5.74, 6) is -0.784. The number of urea groups is 1. The predicted octanol–water partition coefficient (Wildman–Crippen LogP) is 1.07. The van der Waals surface area contributed by atoms with Gasteiger partial charge in [0.05, 0.1) is 12.0 Å². The molecule has 4 rings (SSSR count). The first kappa shape index (κ1) is 18.8. The summed E-state index contributed by atoms with van der Waals surface area (Å²) < 4.78 is 34.4. The van der Waals surface area contributed by atoms with E-state index >= 15 is 0 Å². The Morgan fingerprint density at radius 1 is 1.36 bits per heavy atom. The van der Waals surface area contributed by atoms with Crippen molar-refractivity contribution in [1.82, 2.24) is 14.8 Å². The van der Waals surface area contributed by atoms with Crippen LogP contribution in [0.5, 0.6) is 0 Å². The van der Waals surface area contributed by atoms with Crippen LogP contribution in [-0.4, -0.2) is 53.3 Å². The Kier molecular flexibility index (Phi) is 4.16. The van der Waals surface area contributed by atoms with E-state index in [-0.39, 0.29) is 11.4 Å². The van der Waals surface area contributed by atoms with E-state index in [1.807, 2.05) is 6.92 Å². The smallest absolute Gasteiger partial charge is 0.361 e. The number of carbonyl (C=O) groups excluding carboxylic acids is 2. The second-order valence-corrected chi connectivity index (χ2v) is 9.35. The topological polar surface area (TPSA) is 113 Å². The Balaban J connectivity index is 1.66. The van der Waals surface area contributed by atoms with Crippen LogP contribution in [-0.2, 0) is 21.4 Å². The van der Waals surface area contributed by atoms with Crippen LogP contribution < -0.4 is 4.72 Å². The van der Waals surface area contributed by atoms with E-state index in [0.717, 1.165) is 17.7 Å². The zero-order chi connectivity index (χ0) is 20.3. The van der Waals surface area contributed by atoms with Gasteiger partial charge in [-0.15, -0.1) is 0 Å². The molecule has 2 aliphatic carbocycles. The number of carbonyl (C=O) groups is 2. The van der Waals surface area contributed by atoms with Crippen molar-refractivity contribution in [3.63, 3.8) is 0 Å². The SMILES string of the molecule is Cc1cc(CN2C(=O)C3C=C(S(=O)(=O)NC4(C)CC4)C=CC3=[N+](C)C2=O)no1. The molecule has 1 saturated carbocycles. The van der Waals surface area contributed by atoms with Gasteiger partial charge in [0.1, 0.15) is 29.6 Å². The van der Waals surface area contributed by atoms with Crippen molar-refractivity contribution >= 4 is 27.7 Å². The molecule has 0 bridgehead atoms. The van der Waals surface area contributed by atoms with Gasteiger partial charge in [-0.05, 0) is 44.9 Å². The number of nitrogens with one attached hydrogen (secondary N) is 1. The van der Waals surface area contributed by atoms with Crippen LogP contribution in [0, 0.1) is 12.8 Å². The average Bonchev–Trinajstić information content (AvgIpc) is 3.20. The largest absolute Gasteiger partial charge is 0.501 e. The number of rotatable bonds is 5. The molecule has 28 heavy (non-hydrogen) atoms. The van der Waals surface area contributed by atoms with Crippen molar-refractivity contribution in [3.05, 3.63) is 40.7 Å². The van der Waals surface area contributed by atoms with E-state index in [9.17, 15) is 18.0 Å². The minimum Gasteiger partial charge on any atom is -0.361 e. The van der Waals surface area contributed by atoms with Gasteiger partial charge in [0.15, 0.2) is 0 Å². The lowest BCUT2D eigenvalue weighted by molar-refractivity contribution is -0.406. The van der Waals surface area contributed by atoms with E-state index in [2.05, 4.69) is 9.88 Å². The summed E-state index contributed by atoms with van der Waals surface area (Å²) in [7, 11) is -2.19. The molecule has 9 nitrogen and oxygen atoms in total. The van der Waals surface area contributed by atoms with Gasteiger partial charge in [-0.25, -0.2) is 17.9 Å². The maximum atomic E-state index is 13.0. The van der Waals surface area contributed by atoms with Crippen LogP contribution in [0.25, 0.3) is 0 Å². The molecular formula is C18H21N4O5S+. The minimum absolute atomic E-state index is 0.0303. The highest BCUT2D eigenvalue weighted by Gasteiger charge is 2.48. The van der Waals surface area contributed by atoms with Crippen molar-refractivity contribution < 1.29 is 27.1 Å². The van der Waals surface area contributed by atoms with E-state index in [0.29, 0.717) is 17.2 Å². The third kappa shape index (κ3) is 3.22. The quantitative estimate of drug-likeness (QED) is 0.734. The molecule has 0 spiro atoms. The molecule has 3 amide bonds. The molecule has 1 atom stereocenters. The maximum Gasteiger partial charge on any atom is 0.501 e. The van der Waals surface area contributed by atoms with Crippen LogP contribution >= 0.6 is 0 Å². The summed E-state index contributed by atoms with van der Waals surface area (Å²) in [6, 6.07) is 1.15. The van der Waals surface area contributed by atoms with E-state index in [1.54, 1.807) is 20.0 Å². The van der Waals surface area contributed by atoms with Crippen molar-refractivity contribution in [2.45, 2.75) is 38.8 Å². The Morgan fingerprint density at radius 2 is 2.07 bits per heavy atom. The summed E-state index contributed by atoms with van der Waals surface area (Å²) in [6.07, 6.45) is 5.90. The molecule has 0 aromatic carbocycles. The molecule has 1 N–H and O–H groups in total. The van der Waals surface area contributed by atoms with Crippen LogP contribution in [0.4, 0.5) is 4.79 Å². The first-order valence-corrected chi connectivity index (χ1v) is 10.4. The molecule has 0 saturated heterocycles. The average molecular weight is 405 g/mol. The number of imide groups is 1. The van der Waals surface area contributed by atoms with Crippen LogP contribution in [0.15, 0.2) is 33.7 Å². The standard InChI is InChI=1S/C18H21N4O5S/c1-11-8-12(19-27-11)10-22-16(23)14-9-13(4-5-15(14)21(3)17(22)24)28(25,26)20-18(2)6-7-18/h4-5,8-9,14,20H,6-7,10H2,1-3H3/q+1. The van der Waals surface area contributed by atoms with Gasteiger partial charge in [0.2, 0.25) is 10.0 Å². The molecule has 3 aliphatic rings. The lowest BCUT2D eigenvalue weighted by atomic mass is 9.94. The lowest BCUT2D eigenvalue weighted by Crippen LogP contribution is -2.53. The molecule has 1 aromatic rings. The van der Waals surface area contributed by atoms with Gasteiger partial charge in [-0.3, -0.25) is 0 Å². The van der Waals surface area contributed by atoms with Crippen LogP contribution in [0.3, 0.4) is 0 Å². The van der Waals surface area contributed by atoms with Gasteiger partial charge in [0, 0.05) is 11.6 Å².